The van der Waals surface area contributed by atoms with Crippen molar-refractivity contribution in [2.75, 3.05) is 13.1 Å². The molecule has 2 fully saturated rings. The molecule has 1 aromatic carbocycles. The molecule has 2 aliphatic rings. The number of likely N-dealkylation sites (tertiary alicyclic amines) is 1. The molecule has 1 saturated carbocycles. The molecule has 0 bridgehead atoms. The van der Waals surface area contributed by atoms with E-state index in [1.165, 1.54) is 30.0 Å². The first-order valence-corrected chi connectivity index (χ1v) is 9.26. The summed E-state index contributed by atoms with van der Waals surface area (Å²) in [5, 5.41) is 2.89. The number of rotatable bonds is 5. The summed E-state index contributed by atoms with van der Waals surface area (Å²) in [7, 11) is 0. The topological polar surface area (TPSA) is 71.5 Å². The van der Waals surface area contributed by atoms with Gasteiger partial charge in [0.15, 0.2) is 11.6 Å². The van der Waals surface area contributed by atoms with Crippen molar-refractivity contribution in [3.63, 3.8) is 0 Å². The van der Waals surface area contributed by atoms with Crippen molar-refractivity contribution >= 4 is 11.8 Å². The summed E-state index contributed by atoms with van der Waals surface area (Å²) in [4.78, 5) is 30.2. The summed E-state index contributed by atoms with van der Waals surface area (Å²) < 4.78 is 19.1. The van der Waals surface area contributed by atoms with Gasteiger partial charge in [0.2, 0.25) is 11.8 Å². The van der Waals surface area contributed by atoms with Gasteiger partial charge in [0.05, 0.1) is 6.04 Å². The average molecular weight is 381 g/mol. The SMILES string of the molecule is O=C(NC1CN(C(=O)C=C2CCC2)C1)c1ccnc(Oc2ccccc2F)c1. The Morgan fingerprint density at radius 2 is 2.00 bits per heavy atom. The molecule has 1 aliphatic carbocycles. The number of nitrogens with one attached hydrogen (secondary N) is 1. The van der Waals surface area contributed by atoms with E-state index in [-0.39, 0.29) is 29.5 Å². The highest BCUT2D eigenvalue weighted by Gasteiger charge is 2.31. The van der Waals surface area contributed by atoms with Crippen LogP contribution in [0.2, 0.25) is 0 Å². The van der Waals surface area contributed by atoms with Crippen molar-refractivity contribution in [1.82, 2.24) is 15.2 Å². The van der Waals surface area contributed by atoms with Crippen LogP contribution in [-0.2, 0) is 4.79 Å². The zero-order chi connectivity index (χ0) is 19.5. The normalized spacial score (nSPS) is 16.0. The van der Waals surface area contributed by atoms with Gasteiger partial charge in [-0.15, -0.1) is 0 Å². The van der Waals surface area contributed by atoms with E-state index in [0.29, 0.717) is 18.7 Å². The third kappa shape index (κ3) is 4.03. The Morgan fingerprint density at radius 3 is 2.71 bits per heavy atom. The average Bonchev–Trinajstić information content (AvgIpc) is 2.62. The number of carbonyl (C=O) groups excluding carboxylic acids is 2. The molecule has 7 heteroatoms. The number of aromatic nitrogens is 1. The number of amides is 2. The Morgan fingerprint density at radius 1 is 1.21 bits per heavy atom. The smallest absolute Gasteiger partial charge is 0.251 e. The van der Waals surface area contributed by atoms with E-state index in [4.69, 9.17) is 4.74 Å². The highest BCUT2D eigenvalue weighted by Crippen LogP contribution is 2.26. The standard InChI is InChI=1S/C21H20FN3O3/c22-17-6-1-2-7-18(17)28-19-11-15(8-9-23-19)21(27)24-16-12-25(13-16)20(26)10-14-4-3-5-14/h1-2,6-11,16H,3-5,12-13H2,(H,24,27). The second-order valence-electron chi connectivity index (χ2n) is 6.98. The maximum Gasteiger partial charge on any atom is 0.251 e. The first-order valence-electron chi connectivity index (χ1n) is 9.26. The first-order chi connectivity index (χ1) is 13.6. The minimum atomic E-state index is -0.504. The number of hydrogen-bond acceptors (Lipinski definition) is 4. The zero-order valence-electron chi connectivity index (χ0n) is 15.2. The van der Waals surface area contributed by atoms with Gasteiger partial charge in [-0.05, 0) is 37.5 Å². The molecule has 1 aliphatic heterocycles. The van der Waals surface area contributed by atoms with Crippen molar-refractivity contribution in [3.05, 3.63) is 65.6 Å². The molecule has 2 amide bonds. The van der Waals surface area contributed by atoms with E-state index >= 15 is 0 Å². The predicted octanol–water partition coefficient (Wildman–Crippen LogP) is 3.06. The summed E-state index contributed by atoms with van der Waals surface area (Å²) in [6.45, 7) is 0.996. The van der Waals surface area contributed by atoms with Gasteiger partial charge in [0.25, 0.3) is 5.91 Å². The summed E-state index contributed by atoms with van der Waals surface area (Å²) in [5.74, 6) is -0.591. The number of ether oxygens (including phenoxy) is 1. The van der Waals surface area contributed by atoms with Gasteiger partial charge in [0, 0.05) is 37.0 Å². The fourth-order valence-electron chi connectivity index (χ4n) is 3.06. The van der Waals surface area contributed by atoms with Crippen LogP contribution in [-0.4, -0.2) is 40.8 Å². The van der Waals surface area contributed by atoms with Gasteiger partial charge in [-0.3, -0.25) is 9.59 Å². The molecule has 1 saturated heterocycles. The number of carbonyl (C=O) groups is 2. The van der Waals surface area contributed by atoms with Crippen LogP contribution in [0.1, 0.15) is 29.6 Å². The van der Waals surface area contributed by atoms with Gasteiger partial charge in [-0.2, -0.15) is 0 Å². The molecule has 0 spiro atoms. The van der Waals surface area contributed by atoms with Gasteiger partial charge in [-0.25, -0.2) is 9.37 Å². The Bertz CT molecular complexity index is 932. The van der Waals surface area contributed by atoms with Gasteiger partial charge < -0.3 is 15.0 Å². The monoisotopic (exact) mass is 381 g/mol. The fourth-order valence-corrected chi connectivity index (χ4v) is 3.06. The highest BCUT2D eigenvalue weighted by molar-refractivity contribution is 5.95. The quantitative estimate of drug-likeness (QED) is 0.808. The summed E-state index contributed by atoms with van der Waals surface area (Å²) in [6, 6.07) is 8.93. The molecule has 0 radical (unpaired) electrons. The summed E-state index contributed by atoms with van der Waals surface area (Å²) >= 11 is 0. The summed E-state index contributed by atoms with van der Waals surface area (Å²) in [6.07, 6.45) is 6.34. The molecule has 0 atom stereocenters. The third-order valence-corrected chi connectivity index (χ3v) is 4.90. The van der Waals surface area contributed by atoms with Crippen LogP contribution < -0.4 is 10.1 Å². The molecule has 1 aromatic heterocycles. The van der Waals surface area contributed by atoms with Gasteiger partial charge >= 0.3 is 0 Å². The molecule has 6 nitrogen and oxygen atoms in total. The van der Waals surface area contributed by atoms with E-state index in [0.717, 1.165) is 19.3 Å². The second kappa shape index (κ2) is 7.80. The van der Waals surface area contributed by atoms with Crippen molar-refractivity contribution in [2.24, 2.45) is 0 Å². The summed E-state index contributed by atoms with van der Waals surface area (Å²) in [5.41, 5.74) is 1.57. The van der Waals surface area contributed by atoms with E-state index in [2.05, 4.69) is 10.3 Å². The maximum atomic E-state index is 13.7. The van der Waals surface area contributed by atoms with E-state index < -0.39 is 5.82 Å². The van der Waals surface area contributed by atoms with Crippen LogP contribution >= 0.6 is 0 Å². The lowest BCUT2D eigenvalue weighted by Crippen LogP contribution is -2.60. The second-order valence-corrected chi connectivity index (χ2v) is 6.98. The van der Waals surface area contributed by atoms with Crippen molar-refractivity contribution in [3.8, 4) is 11.6 Å². The van der Waals surface area contributed by atoms with Crippen LogP contribution in [0, 0.1) is 5.82 Å². The number of benzene rings is 1. The number of para-hydroxylation sites is 1. The lowest BCUT2D eigenvalue weighted by atomic mass is 9.92. The van der Waals surface area contributed by atoms with E-state index in [1.54, 1.807) is 29.2 Å². The molecule has 28 heavy (non-hydrogen) atoms. The third-order valence-electron chi connectivity index (χ3n) is 4.90. The Kier molecular flexibility index (Phi) is 5.06. The van der Waals surface area contributed by atoms with Crippen molar-refractivity contribution < 1.29 is 18.7 Å². The molecular formula is C21H20FN3O3. The molecule has 2 aromatic rings. The van der Waals surface area contributed by atoms with Crippen LogP contribution in [0.15, 0.2) is 54.2 Å². The zero-order valence-corrected chi connectivity index (χ0v) is 15.2. The molecular weight excluding hydrogens is 361 g/mol. The Hall–Kier alpha value is -3.22. The lowest BCUT2D eigenvalue weighted by Gasteiger charge is -2.39. The Balaban J connectivity index is 1.32. The Labute approximate surface area is 162 Å². The molecule has 4 rings (SSSR count). The number of allylic oxidation sites excluding steroid dienone is 1. The van der Waals surface area contributed by atoms with Crippen LogP contribution in [0.4, 0.5) is 4.39 Å². The molecule has 2 heterocycles. The predicted molar refractivity (Wildman–Crippen MR) is 100 cm³/mol. The van der Waals surface area contributed by atoms with Crippen molar-refractivity contribution in [1.29, 1.82) is 0 Å². The van der Waals surface area contributed by atoms with Crippen LogP contribution in [0.5, 0.6) is 11.6 Å². The first kappa shape index (κ1) is 18.2. The molecule has 1 N–H and O–H groups in total. The van der Waals surface area contributed by atoms with Crippen molar-refractivity contribution in [2.45, 2.75) is 25.3 Å². The van der Waals surface area contributed by atoms with Crippen LogP contribution in [0.25, 0.3) is 0 Å². The van der Waals surface area contributed by atoms with Crippen LogP contribution in [0.3, 0.4) is 0 Å². The number of halogens is 1. The van der Waals surface area contributed by atoms with Gasteiger partial charge in [-0.1, -0.05) is 17.7 Å². The maximum absolute atomic E-state index is 13.7. The van der Waals surface area contributed by atoms with E-state index in [9.17, 15) is 14.0 Å². The number of nitrogens with zero attached hydrogens (tertiary/aromatic N) is 2. The highest BCUT2D eigenvalue weighted by atomic mass is 19.1. The fraction of sp³-hybridized carbons (Fsp3) is 0.286. The largest absolute Gasteiger partial charge is 0.436 e. The molecule has 0 unspecified atom stereocenters. The number of pyridine rings is 1. The lowest BCUT2D eigenvalue weighted by molar-refractivity contribution is -0.130. The van der Waals surface area contributed by atoms with Gasteiger partial charge in [0.1, 0.15) is 0 Å². The minimum absolute atomic E-state index is 0.0182. The molecule has 144 valence electrons. The minimum Gasteiger partial charge on any atom is -0.436 e. The van der Waals surface area contributed by atoms with E-state index in [1.807, 2.05) is 0 Å². The number of hydrogen-bond donors (Lipinski definition) is 1.